The molecule has 1 N–H and O–H groups in total. The standard InChI is InChI=1S/C15H16ClNO3/c1-4-17-13-6-5-10(20-3)8-11(13)12(14(17)16)7-9(2)15(18)19/h5-8H,4H2,1-3H3,(H,18,19)/b9-7+. The average molecular weight is 294 g/mol. The number of ether oxygens (including phenoxy) is 1. The van der Waals surface area contributed by atoms with E-state index in [-0.39, 0.29) is 5.57 Å². The predicted molar refractivity (Wildman–Crippen MR) is 80.5 cm³/mol. The van der Waals surface area contributed by atoms with Crippen molar-refractivity contribution in [3.8, 4) is 5.75 Å². The summed E-state index contributed by atoms with van der Waals surface area (Å²) in [5.74, 6) is -0.244. The molecule has 0 amide bonds. The molecule has 0 aliphatic heterocycles. The number of hydrogen-bond donors (Lipinski definition) is 1. The largest absolute Gasteiger partial charge is 0.497 e. The second kappa shape index (κ2) is 5.59. The van der Waals surface area contributed by atoms with Crippen molar-refractivity contribution in [2.75, 3.05) is 7.11 Å². The second-order valence-electron chi connectivity index (χ2n) is 4.46. The number of benzene rings is 1. The van der Waals surface area contributed by atoms with Crippen molar-refractivity contribution < 1.29 is 14.6 Å². The zero-order valence-electron chi connectivity index (χ0n) is 11.6. The number of aromatic nitrogens is 1. The Labute approximate surface area is 122 Å². The Balaban J connectivity index is 2.77. The van der Waals surface area contributed by atoms with Crippen LogP contribution in [0, 0.1) is 0 Å². The third-order valence-electron chi connectivity index (χ3n) is 3.26. The van der Waals surface area contributed by atoms with Crippen molar-refractivity contribution in [2.45, 2.75) is 20.4 Å². The van der Waals surface area contributed by atoms with Gasteiger partial charge in [-0.05, 0) is 38.1 Å². The number of aryl methyl sites for hydroxylation is 1. The molecule has 1 heterocycles. The predicted octanol–water partition coefficient (Wildman–Crippen LogP) is 3.81. The van der Waals surface area contributed by atoms with Gasteiger partial charge in [0.05, 0.1) is 12.6 Å². The SMILES string of the molecule is CCn1c(Cl)c(/C=C(\C)C(=O)O)c2cc(OC)ccc21. The summed E-state index contributed by atoms with van der Waals surface area (Å²) in [6.45, 7) is 4.25. The van der Waals surface area contributed by atoms with Crippen molar-refractivity contribution in [1.29, 1.82) is 0 Å². The number of aliphatic carboxylic acids is 1. The van der Waals surface area contributed by atoms with Crippen molar-refractivity contribution in [1.82, 2.24) is 4.57 Å². The van der Waals surface area contributed by atoms with Gasteiger partial charge in [0.2, 0.25) is 0 Å². The van der Waals surface area contributed by atoms with Crippen LogP contribution in [0.5, 0.6) is 5.75 Å². The van der Waals surface area contributed by atoms with Crippen LogP contribution in [0.1, 0.15) is 19.4 Å². The van der Waals surface area contributed by atoms with E-state index >= 15 is 0 Å². The Hall–Kier alpha value is -1.94. The molecule has 5 heteroatoms. The maximum atomic E-state index is 11.0. The first-order chi connectivity index (χ1) is 9.49. The highest BCUT2D eigenvalue weighted by Crippen LogP contribution is 2.34. The molecule has 0 radical (unpaired) electrons. The van der Waals surface area contributed by atoms with Crippen molar-refractivity contribution in [2.24, 2.45) is 0 Å². The fourth-order valence-electron chi connectivity index (χ4n) is 2.18. The molecule has 20 heavy (non-hydrogen) atoms. The maximum Gasteiger partial charge on any atom is 0.331 e. The minimum absolute atomic E-state index is 0.241. The lowest BCUT2D eigenvalue weighted by molar-refractivity contribution is -0.132. The minimum atomic E-state index is -0.957. The Bertz CT molecular complexity index is 701. The van der Waals surface area contributed by atoms with Gasteiger partial charge in [0.1, 0.15) is 10.9 Å². The summed E-state index contributed by atoms with van der Waals surface area (Å²) < 4.78 is 7.16. The molecule has 1 aromatic carbocycles. The first kappa shape index (κ1) is 14.5. The monoisotopic (exact) mass is 293 g/mol. The Kier molecular flexibility index (Phi) is 4.04. The van der Waals surface area contributed by atoms with Gasteiger partial charge in [-0.1, -0.05) is 11.6 Å². The van der Waals surface area contributed by atoms with Gasteiger partial charge >= 0.3 is 5.97 Å². The lowest BCUT2D eigenvalue weighted by Gasteiger charge is -2.03. The highest BCUT2D eigenvalue weighted by atomic mass is 35.5. The molecule has 0 aliphatic rings. The van der Waals surface area contributed by atoms with Crippen LogP contribution in [-0.2, 0) is 11.3 Å². The average Bonchev–Trinajstić information content (AvgIpc) is 2.70. The molecule has 0 saturated heterocycles. The van der Waals surface area contributed by atoms with E-state index in [0.717, 1.165) is 10.9 Å². The van der Waals surface area contributed by atoms with E-state index < -0.39 is 5.97 Å². The lowest BCUT2D eigenvalue weighted by atomic mass is 10.1. The van der Waals surface area contributed by atoms with Gasteiger partial charge in [-0.2, -0.15) is 0 Å². The number of halogens is 1. The highest BCUT2D eigenvalue weighted by molar-refractivity contribution is 6.33. The number of carboxylic acids is 1. The van der Waals surface area contributed by atoms with Gasteiger partial charge in [-0.3, -0.25) is 0 Å². The summed E-state index contributed by atoms with van der Waals surface area (Å²) in [7, 11) is 1.59. The molecule has 0 unspecified atom stereocenters. The summed E-state index contributed by atoms with van der Waals surface area (Å²) in [5.41, 5.74) is 1.91. The molecule has 4 nitrogen and oxygen atoms in total. The summed E-state index contributed by atoms with van der Waals surface area (Å²) in [5, 5.41) is 10.5. The lowest BCUT2D eigenvalue weighted by Crippen LogP contribution is -1.96. The molecule has 2 rings (SSSR count). The molecule has 0 atom stereocenters. The van der Waals surface area contributed by atoms with E-state index in [2.05, 4.69) is 0 Å². The van der Waals surface area contributed by atoms with E-state index in [1.807, 2.05) is 29.7 Å². The highest BCUT2D eigenvalue weighted by Gasteiger charge is 2.15. The number of carbonyl (C=O) groups is 1. The molecule has 1 aromatic heterocycles. The van der Waals surface area contributed by atoms with E-state index in [4.69, 9.17) is 21.4 Å². The normalized spacial score (nSPS) is 11.9. The number of methoxy groups -OCH3 is 1. The zero-order valence-corrected chi connectivity index (χ0v) is 12.4. The Morgan fingerprint density at radius 1 is 1.50 bits per heavy atom. The molecule has 0 saturated carbocycles. The third kappa shape index (κ3) is 2.39. The summed E-state index contributed by atoms with van der Waals surface area (Å²) >= 11 is 6.38. The quantitative estimate of drug-likeness (QED) is 0.872. The van der Waals surface area contributed by atoms with Gasteiger partial charge < -0.3 is 14.4 Å². The van der Waals surface area contributed by atoms with Crippen LogP contribution in [0.2, 0.25) is 5.15 Å². The maximum absolute atomic E-state index is 11.0. The van der Waals surface area contributed by atoms with Crippen LogP contribution in [0.25, 0.3) is 17.0 Å². The van der Waals surface area contributed by atoms with Crippen molar-refractivity contribution in [3.05, 3.63) is 34.5 Å². The first-order valence-corrected chi connectivity index (χ1v) is 6.64. The number of rotatable bonds is 4. The van der Waals surface area contributed by atoms with Crippen LogP contribution in [-0.4, -0.2) is 22.8 Å². The second-order valence-corrected chi connectivity index (χ2v) is 4.82. The van der Waals surface area contributed by atoms with Gasteiger partial charge in [0.15, 0.2) is 0 Å². The molecular formula is C15H16ClNO3. The fraction of sp³-hybridized carbons (Fsp3) is 0.267. The summed E-state index contributed by atoms with van der Waals surface area (Å²) in [6.07, 6.45) is 1.60. The summed E-state index contributed by atoms with van der Waals surface area (Å²) in [6, 6.07) is 5.66. The van der Waals surface area contributed by atoms with E-state index in [1.54, 1.807) is 20.1 Å². The van der Waals surface area contributed by atoms with Gasteiger partial charge in [-0.15, -0.1) is 0 Å². The topological polar surface area (TPSA) is 51.5 Å². The number of fused-ring (bicyclic) bond motifs is 1. The van der Waals surface area contributed by atoms with Crippen molar-refractivity contribution >= 4 is 34.5 Å². The Morgan fingerprint density at radius 3 is 2.75 bits per heavy atom. The van der Waals surface area contributed by atoms with E-state index in [1.165, 1.54) is 0 Å². The smallest absolute Gasteiger partial charge is 0.331 e. The third-order valence-corrected chi connectivity index (χ3v) is 3.67. The Morgan fingerprint density at radius 2 is 2.20 bits per heavy atom. The van der Waals surface area contributed by atoms with Gasteiger partial charge in [0, 0.05) is 23.1 Å². The van der Waals surface area contributed by atoms with Gasteiger partial charge in [-0.25, -0.2) is 4.79 Å². The fourth-order valence-corrected chi connectivity index (χ4v) is 2.55. The molecule has 0 spiro atoms. The first-order valence-electron chi connectivity index (χ1n) is 6.27. The molecule has 0 fully saturated rings. The van der Waals surface area contributed by atoms with E-state index in [0.29, 0.717) is 23.0 Å². The molecular weight excluding hydrogens is 278 g/mol. The van der Waals surface area contributed by atoms with Crippen LogP contribution >= 0.6 is 11.6 Å². The zero-order chi connectivity index (χ0) is 14.9. The summed E-state index contributed by atoms with van der Waals surface area (Å²) in [4.78, 5) is 11.0. The van der Waals surface area contributed by atoms with Crippen LogP contribution in [0.3, 0.4) is 0 Å². The molecule has 106 valence electrons. The number of nitrogens with zero attached hydrogens (tertiary/aromatic N) is 1. The molecule has 0 aliphatic carbocycles. The number of hydrogen-bond acceptors (Lipinski definition) is 2. The molecule has 2 aromatic rings. The minimum Gasteiger partial charge on any atom is -0.497 e. The van der Waals surface area contributed by atoms with E-state index in [9.17, 15) is 4.79 Å². The number of carboxylic acid groups (broad SMARTS) is 1. The van der Waals surface area contributed by atoms with Crippen LogP contribution in [0.4, 0.5) is 0 Å². The molecule has 0 bridgehead atoms. The van der Waals surface area contributed by atoms with Crippen LogP contribution in [0.15, 0.2) is 23.8 Å². The van der Waals surface area contributed by atoms with Gasteiger partial charge in [0.25, 0.3) is 0 Å². The van der Waals surface area contributed by atoms with Crippen molar-refractivity contribution in [3.63, 3.8) is 0 Å². The van der Waals surface area contributed by atoms with Crippen LogP contribution < -0.4 is 4.74 Å².